The van der Waals surface area contributed by atoms with E-state index < -0.39 is 0 Å². The maximum atomic E-state index is 4.64. The second kappa shape index (κ2) is 7.39. The Balaban J connectivity index is 2.24. The van der Waals surface area contributed by atoms with E-state index in [-0.39, 0.29) is 0 Å². The van der Waals surface area contributed by atoms with E-state index in [0.717, 1.165) is 12.8 Å². The van der Waals surface area contributed by atoms with Crippen LogP contribution in [0.3, 0.4) is 0 Å². The Morgan fingerprint density at radius 1 is 1.15 bits per heavy atom. The van der Waals surface area contributed by atoms with Gasteiger partial charge >= 0.3 is 0 Å². The molecular weight excluding hydrogens is 262 g/mol. The molecule has 2 heteroatoms. The lowest BCUT2D eigenvalue weighted by Gasteiger charge is -2.02. The number of aromatic nitrogens is 1. The first kappa shape index (κ1) is 15.0. The van der Waals surface area contributed by atoms with Gasteiger partial charge in [-0.2, -0.15) is 0 Å². The number of rotatable bonds is 6. The fourth-order valence-electron chi connectivity index (χ4n) is 2.16. The van der Waals surface area contributed by atoms with Crippen molar-refractivity contribution in [3.63, 3.8) is 0 Å². The zero-order valence-electron chi connectivity index (χ0n) is 12.6. The van der Waals surface area contributed by atoms with Crippen LogP contribution in [0.15, 0.2) is 36.5 Å². The van der Waals surface area contributed by atoms with Crippen LogP contribution in [0, 0.1) is 6.92 Å². The van der Waals surface area contributed by atoms with Gasteiger partial charge in [0.2, 0.25) is 0 Å². The van der Waals surface area contributed by atoms with Gasteiger partial charge in [-0.1, -0.05) is 62.6 Å². The Labute approximate surface area is 126 Å². The third-order valence-electron chi connectivity index (χ3n) is 3.32. The standard InChI is InChI=1S/C18H23NS/c1-4-6-8-16(7-5-2)18-19-13-17(20-18)15-11-9-14(3)10-12-15/h8-13H,4-7H2,1-3H3/b16-8+. The van der Waals surface area contributed by atoms with Gasteiger partial charge in [0.25, 0.3) is 0 Å². The van der Waals surface area contributed by atoms with Gasteiger partial charge in [0, 0.05) is 6.20 Å². The van der Waals surface area contributed by atoms with Crippen LogP contribution in [0.5, 0.6) is 0 Å². The Morgan fingerprint density at radius 3 is 2.55 bits per heavy atom. The van der Waals surface area contributed by atoms with Crippen LogP contribution < -0.4 is 0 Å². The summed E-state index contributed by atoms with van der Waals surface area (Å²) in [6.45, 7) is 6.57. The van der Waals surface area contributed by atoms with Crippen LogP contribution >= 0.6 is 11.3 Å². The summed E-state index contributed by atoms with van der Waals surface area (Å²) in [5.41, 5.74) is 3.98. The summed E-state index contributed by atoms with van der Waals surface area (Å²) >= 11 is 1.81. The van der Waals surface area contributed by atoms with Crippen molar-refractivity contribution < 1.29 is 0 Å². The maximum Gasteiger partial charge on any atom is 0.119 e. The zero-order chi connectivity index (χ0) is 14.4. The van der Waals surface area contributed by atoms with Crippen molar-refractivity contribution in [2.75, 3.05) is 0 Å². The monoisotopic (exact) mass is 285 g/mol. The van der Waals surface area contributed by atoms with E-state index in [1.54, 1.807) is 0 Å². The van der Waals surface area contributed by atoms with E-state index in [1.165, 1.54) is 39.4 Å². The van der Waals surface area contributed by atoms with Gasteiger partial charge in [0.05, 0.1) is 4.88 Å². The summed E-state index contributed by atoms with van der Waals surface area (Å²) in [6, 6.07) is 8.69. The number of hydrogen-bond donors (Lipinski definition) is 0. The molecule has 20 heavy (non-hydrogen) atoms. The number of unbranched alkanes of at least 4 members (excludes halogenated alkanes) is 1. The second-order valence-electron chi connectivity index (χ2n) is 5.16. The molecule has 1 aromatic carbocycles. The number of allylic oxidation sites excluding steroid dienone is 2. The quantitative estimate of drug-likeness (QED) is 0.624. The molecule has 0 aliphatic carbocycles. The minimum Gasteiger partial charge on any atom is -0.244 e. The molecule has 0 aliphatic rings. The Morgan fingerprint density at radius 2 is 1.90 bits per heavy atom. The number of hydrogen-bond acceptors (Lipinski definition) is 2. The van der Waals surface area contributed by atoms with Gasteiger partial charge in [-0.25, -0.2) is 4.98 Å². The van der Waals surface area contributed by atoms with Crippen molar-refractivity contribution in [1.29, 1.82) is 0 Å². The van der Waals surface area contributed by atoms with E-state index in [0.29, 0.717) is 0 Å². The molecule has 1 nitrogen and oxygen atoms in total. The van der Waals surface area contributed by atoms with E-state index in [1.807, 2.05) is 17.5 Å². The highest BCUT2D eigenvalue weighted by molar-refractivity contribution is 7.16. The molecule has 0 aliphatic heterocycles. The van der Waals surface area contributed by atoms with Crippen molar-refractivity contribution in [3.05, 3.63) is 47.1 Å². The largest absolute Gasteiger partial charge is 0.244 e. The summed E-state index contributed by atoms with van der Waals surface area (Å²) in [4.78, 5) is 5.90. The highest BCUT2D eigenvalue weighted by atomic mass is 32.1. The smallest absolute Gasteiger partial charge is 0.119 e. The minimum absolute atomic E-state index is 1.13. The predicted octanol–water partition coefficient (Wildman–Crippen LogP) is 6.10. The summed E-state index contributed by atoms with van der Waals surface area (Å²) in [5.74, 6) is 0. The van der Waals surface area contributed by atoms with E-state index >= 15 is 0 Å². The highest BCUT2D eigenvalue weighted by Gasteiger charge is 2.08. The predicted molar refractivity (Wildman–Crippen MR) is 90.1 cm³/mol. The SMILES string of the molecule is CCC/C=C(\CCC)c1ncc(-c2ccc(C)cc2)s1. The molecule has 0 spiro atoms. The van der Waals surface area contributed by atoms with Crippen LogP contribution in [-0.4, -0.2) is 4.98 Å². The molecule has 0 radical (unpaired) electrons. The third-order valence-corrected chi connectivity index (χ3v) is 4.44. The van der Waals surface area contributed by atoms with Crippen LogP contribution in [0.1, 0.15) is 50.1 Å². The van der Waals surface area contributed by atoms with Crippen LogP contribution in [0.2, 0.25) is 0 Å². The molecule has 2 aromatic rings. The summed E-state index contributed by atoms with van der Waals surface area (Å²) in [6.07, 6.45) is 9.02. The van der Waals surface area contributed by atoms with Gasteiger partial charge in [-0.05, 0) is 30.9 Å². The number of benzene rings is 1. The maximum absolute atomic E-state index is 4.64. The summed E-state index contributed by atoms with van der Waals surface area (Å²) in [5, 5.41) is 1.19. The average Bonchev–Trinajstić information content (AvgIpc) is 2.94. The van der Waals surface area contributed by atoms with Crippen LogP contribution in [0.4, 0.5) is 0 Å². The molecule has 0 bridgehead atoms. The van der Waals surface area contributed by atoms with Crippen LogP contribution in [0.25, 0.3) is 16.0 Å². The second-order valence-corrected chi connectivity index (χ2v) is 6.19. The topological polar surface area (TPSA) is 12.9 Å². The Hall–Kier alpha value is -1.41. The average molecular weight is 285 g/mol. The highest BCUT2D eigenvalue weighted by Crippen LogP contribution is 2.31. The molecule has 0 fully saturated rings. The van der Waals surface area contributed by atoms with Gasteiger partial charge in [0.15, 0.2) is 0 Å². The molecule has 1 aromatic heterocycles. The van der Waals surface area contributed by atoms with Crippen molar-refractivity contribution in [3.8, 4) is 10.4 Å². The molecule has 0 amide bonds. The molecule has 2 rings (SSSR count). The first-order valence-electron chi connectivity index (χ1n) is 7.46. The molecular formula is C18H23NS. The molecule has 1 heterocycles. The van der Waals surface area contributed by atoms with Crippen molar-refractivity contribution >= 4 is 16.9 Å². The lowest BCUT2D eigenvalue weighted by Crippen LogP contribution is -1.82. The molecule has 106 valence electrons. The van der Waals surface area contributed by atoms with Crippen molar-refractivity contribution in [2.24, 2.45) is 0 Å². The summed E-state index contributed by atoms with van der Waals surface area (Å²) in [7, 11) is 0. The molecule has 0 atom stereocenters. The Kier molecular flexibility index (Phi) is 5.54. The van der Waals surface area contributed by atoms with E-state index in [4.69, 9.17) is 0 Å². The van der Waals surface area contributed by atoms with Gasteiger partial charge in [0.1, 0.15) is 5.01 Å². The lowest BCUT2D eigenvalue weighted by atomic mass is 10.1. The first-order chi connectivity index (χ1) is 9.74. The number of aryl methyl sites for hydroxylation is 1. The Bertz CT molecular complexity index is 563. The first-order valence-corrected chi connectivity index (χ1v) is 8.28. The molecule has 0 saturated heterocycles. The fraction of sp³-hybridized carbons (Fsp3) is 0.389. The molecule has 0 saturated carbocycles. The van der Waals surface area contributed by atoms with Crippen LogP contribution in [-0.2, 0) is 0 Å². The molecule has 0 unspecified atom stereocenters. The van der Waals surface area contributed by atoms with Gasteiger partial charge in [-0.15, -0.1) is 11.3 Å². The van der Waals surface area contributed by atoms with Gasteiger partial charge < -0.3 is 0 Å². The van der Waals surface area contributed by atoms with Crippen molar-refractivity contribution in [1.82, 2.24) is 4.98 Å². The normalized spacial score (nSPS) is 11.8. The number of nitrogens with zero attached hydrogens (tertiary/aromatic N) is 1. The zero-order valence-corrected chi connectivity index (χ0v) is 13.5. The lowest BCUT2D eigenvalue weighted by molar-refractivity contribution is 0.931. The third kappa shape index (κ3) is 3.80. The minimum atomic E-state index is 1.13. The summed E-state index contributed by atoms with van der Waals surface area (Å²) < 4.78 is 0. The van der Waals surface area contributed by atoms with E-state index in [9.17, 15) is 0 Å². The number of thiazole rings is 1. The van der Waals surface area contributed by atoms with Gasteiger partial charge in [-0.3, -0.25) is 0 Å². The fourth-order valence-corrected chi connectivity index (χ4v) is 3.15. The molecule has 0 N–H and O–H groups in total. The van der Waals surface area contributed by atoms with E-state index in [2.05, 4.69) is 56.1 Å². The van der Waals surface area contributed by atoms with Crippen molar-refractivity contribution in [2.45, 2.75) is 46.5 Å².